The number of nitrogens with zero attached hydrogens (tertiary/aromatic N) is 1. The number of hydrogen-bond donors (Lipinski definition) is 0. The molecule has 0 heterocycles. The van der Waals surface area contributed by atoms with E-state index in [4.69, 9.17) is 25.8 Å². The molecule has 174 valence electrons. The smallest absolute Gasteiger partial charge is 0.416 e. The van der Waals surface area contributed by atoms with Crippen molar-refractivity contribution in [2.24, 2.45) is 0 Å². The first kappa shape index (κ1) is 25.4. The van der Waals surface area contributed by atoms with Crippen molar-refractivity contribution in [2.45, 2.75) is 39.0 Å². The van der Waals surface area contributed by atoms with Crippen molar-refractivity contribution in [3.63, 3.8) is 0 Å². The maximum Gasteiger partial charge on any atom is 0.416 e. The predicted molar refractivity (Wildman–Crippen MR) is 110 cm³/mol. The number of alkyl halides is 3. The van der Waals surface area contributed by atoms with Crippen LogP contribution in [0.1, 0.15) is 31.4 Å². The van der Waals surface area contributed by atoms with Gasteiger partial charge in [0.15, 0.2) is 0 Å². The van der Waals surface area contributed by atoms with Gasteiger partial charge in [0.2, 0.25) is 0 Å². The molecular weight excluding hydrogens is 455 g/mol. The number of nitro groups is 1. The van der Waals surface area contributed by atoms with Crippen LogP contribution < -0.4 is 4.74 Å². The monoisotopic (exact) mass is 475 g/mol. The third kappa shape index (κ3) is 7.69. The zero-order valence-electron chi connectivity index (χ0n) is 17.3. The Bertz CT molecular complexity index is 965. The lowest BCUT2D eigenvalue weighted by molar-refractivity contribution is -0.385. The van der Waals surface area contributed by atoms with Gasteiger partial charge in [-0.25, -0.2) is 0 Å². The number of rotatable bonds is 10. The Balaban J connectivity index is 2.11. The van der Waals surface area contributed by atoms with Crippen LogP contribution in [0.15, 0.2) is 36.4 Å². The predicted octanol–water partition coefficient (Wildman–Crippen LogP) is 5.96. The Morgan fingerprint density at radius 3 is 2.47 bits per heavy atom. The molecule has 0 N–H and O–H groups in total. The fourth-order valence-corrected chi connectivity index (χ4v) is 2.82. The average molecular weight is 476 g/mol. The minimum absolute atomic E-state index is 0.0268. The highest BCUT2D eigenvalue weighted by Gasteiger charge is 2.31. The molecule has 0 saturated heterocycles. The summed E-state index contributed by atoms with van der Waals surface area (Å²) in [4.78, 5) is 22.7. The number of ether oxygens (including phenoxy) is 3. The Kier molecular flexibility index (Phi) is 8.85. The molecule has 2 aromatic rings. The largest absolute Gasteiger partial charge is 0.465 e. The van der Waals surface area contributed by atoms with Crippen LogP contribution in [0.5, 0.6) is 11.5 Å². The molecule has 0 aromatic heterocycles. The van der Waals surface area contributed by atoms with Crippen LogP contribution in [-0.4, -0.2) is 30.2 Å². The Hall–Kier alpha value is -2.85. The van der Waals surface area contributed by atoms with Gasteiger partial charge in [-0.05, 0) is 44.2 Å². The van der Waals surface area contributed by atoms with Gasteiger partial charge in [0.05, 0.1) is 41.2 Å². The quantitative estimate of drug-likeness (QED) is 0.182. The summed E-state index contributed by atoms with van der Waals surface area (Å²) in [5.41, 5.74) is -1.24. The first-order valence-electron chi connectivity index (χ1n) is 9.56. The molecule has 0 fully saturated rings. The van der Waals surface area contributed by atoms with Crippen molar-refractivity contribution in [1.82, 2.24) is 0 Å². The summed E-state index contributed by atoms with van der Waals surface area (Å²) in [5.74, 6) is -0.694. The van der Waals surface area contributed by atoms with E-state index in [2.05, 4.69) is 0 Å². The highest BCUT2D eigenvalue weighted by atomic mass is 35.5. The molecule has 32 heavy (non-hydrogen) atoms. The number of halogens is 4. The van der Waals surface area contributed by atoms with Gasteiger partial charge in [0.1, 0.15) is 11.5 Å². The van der Waals surface area contributed by atoms with Crippen LogP contribution in [0, 0.1) is 10.1 Å². The van der Waals surface area contributed by atoms with Gasteiger partial charge >= 0.3 is 12.1 Å². The van der Waals surface area contributed by atoms with Crippen LogP contribution in [0.2, 0.25) is 5.02 Å². The molecular formula is C21H21ClF3NO6. The molecule has 0 spiro atoms. The van der Waals surface area contributed by atoms with Crippen molar-refractivity contribution >= 4 is 23.3 Å². The summed E-state index contributed by atoms with van der Waals surface area (Å²) in [7, 11) is 0. The number of nitro benzene ring substituents is 1. The molecule has 0 aliphatic rings. The van der Waals surface area contributed by atoms with Gasteiger partial charge in [-0.15, -0.1) is 0 Å². The van der Waals surface area contributed by atoms with Gasteiger partial charge < -0.3 is 14.2 Å². The fourth-order valence-electron chi connectivity index (χ4n) is 2.60. The van der Waals surface area contributed by atoms with E-state index in [0.29, 0.717) is 19.1 Å². The third-order valence-electron chi connectivity index (χ3n) is 4.07. The lowest BCUT2D eigenvalue weighted by Crippen LogP contribution is -2.12. The zero-order chi connectivity index (χ0) is 23.9. The first-order chi connectivity index (χ1) is 15.0. The van der Waals surface area contributed by atoms with Crippen LogP contribution >= 0.6 is 11.6 Å². The molecule has 11 heteroatoms. The molecule has 0 radical (unpaired) electrons. The summed E-state index contributed by atoms with van der Waals surface area (Å²) < 4.78 is 54.2. The lowest BCUT2D eigenvalue weighted by Gasteiger charge is -2.12. The van der Waals surface area contributed by atoms with Gasteiger partial charge in [0.25, 0.3) is 5.69 Å². The number of benzene rings is 2. The molecule has 0 aliphatic heterocycles. The summed E-state index contributed by atoms with van der Waals surface area (Å²) >= 11 is 5.88. The van der Waals surface area contributed by atoms with E-state index < -0.39 is 22.6 Å². The van der Waals surface area contributed by atoms with E-state index in [0.717, 1.165) is 18.2 Å². The third-order valence-corrected chi connectivity index (χ3v) is 4.37. The van der Waals surface area contributed by atoms with Crippen molar-refractivity contribution in [3.05, 3.63) is 62.7 Å². The van der Waals surface area contributed by atoms with E-state index in [1.807, 2.05) is 13.8 Å². The van der Waals surface area contributed by atoms with Gasteiger partial charge in [-0.2, -0.15) is 13.2 Å². The second kappa shape index (κ2) is 11.1. The van der Waals surface area contributed by atoms with E-state index in [9.17, 15) is 28.1 Å². The van der Waals surface area contributed by atoms with Crippen molar-refractivity contribution in [1.29, 1.82) is 0 Å². The second-order valence-electron chi connectivity index (χ2n) is 6.96. The Morgan fingerprint density at radius 2 is 1.88 bits per heavy atom. The second-order valence-corrected chi connectivity index (χ2v) is 7.37. The summed E-state index contributed by atoms with van der Waals surface area (Å²) in [6.45, 7) is 4.25. The molecule has 0 amide bonds. The highest BCUT2D eigenvalue weighted by molar-refractivity contribution is 6.32. The van der Waals surface area contributed by atoms with E-state index in [-0.39, 0.29) is 46.9 Å². The van der Waals surface area contributed by atoms with E-state index in [1.165, 1.54) is 12.1 Å². The summed E-state index contributed by atoms with van der Waals surface area (Å²) in [6, 6.07) is 6.18. The average Bonchev–Trinajstić information content (AvgIpc) is 2.68. The molecule has 7 nitrogen and oxygen atoms in total. The van der Waals surface area contributed by atoms with E-state index in [1.54, 1.807) is 0 Å². The van der Waals surface area contributed by atoms with Gasteiger partial charge in [-0.3, -0.25) is 14.9 Å². The fraction of sp³-hybridized carbons (Fsp3) is 0.381. The van der Waals surface area contributed by atoms with Crippen molar-refractivity contribution in [2.75, 3.05) is 13.2 Å². The molecule has 0 bridgehead atoms. The summed E-state index contributed by atoms with van der Waals surface area (Å²) in [5, 5.41) is 11.0. The molecule has 0 unspecified atom stereocenters. The number of carbonyl (C=O) groups is 1. The molecule has 0 aliphatic carbocycles. The topological polar surface area (TPSA) is 87.9 Å². The minimum Gasteiger partial charge on any atom is -0.465 e. The summed E-state index contributed by atoms with van der Waals surface area (Å²) in [6.07, 6.45) is -4.43. The lowest BCUT2D eigenvalue weighted by atomic mass is 10.1. The minimum atomic E-state index is -4.57. The van der Waals surface area contributed by atoms with Crippen molar-refractivity contribution < 1.29 is 37.1 Å². The number of esters is 1. The van der Waals surface area contributed by atoms with Gasteiger partial charge in [-0.1, -0.05) is 11.6 Å². The molecule has 0 atom stereocenters. The van der Waals surface area contributed by atoms with Crippen molar-refractivity contribution in [3.8, 4) is 11.5 Å². The van der Waals surface area contributed by atoms with Crippen LogP contribution in [0.25, 0.3) is 0 Å². The van der Waals surface area contributed by atoms with E-state index >= 15 is 0 Å². The highest BCUT2D eigenvalue weighted by Crippen LogP contribution is 2.37. The van der Waals surface area contributed by atoms with Gasteiger partial charge in [0, 0.05) is 18.1 Å². The Labute approximate surface area is 187 Å². The maximum atomic E-state index is 12.8. The normalized spacial score (nSPS) is 11.5. The SMILES string of the molecule is CC(C)OCCCOC(=O)Cc1cc(Oc2ccc(C(F)(F)F)cc2Cl)ccc1[N+](=O)[O-]. The maximum absolute atomic E-state index is 12.8. The molecule has 0 saturated carbocycles. The van der Waals surface area contributed by atoms with Crippen LogP contribution in [-0.2, 0) is 26.9 Å². The van der Waals surface area contributed by atoms with Crippen LogP contribution in [0.4, 0.5) is 18.9 Å². The molecule has 2 aromatic carbocycles. The Morgan fingerprint density at radius 1 is 1.16 bits per heavy atom. The standard InChI is InChI=1S/C21H21ClF3NO6/c1-13(2)30-8-3-9-31-20(27)11-14-10-16(5-6-18(14)26(28)29)32-19-7-4-15(12-17(19)22)21(23,24)25/h4-7,10,12-13H,3,8-9,11H2,1-2H3. The first-order valence-corrected chi connectivity index (χ1v) is 9.94. The van der Waals surface area contributed by atoms with Crippen LogP contribution in [0.3, 0.4) is 0 Å². The molecule has 2 rings (SSSR count). The number of carbonyl (C=O) groups excluding carboxylic acids is 1. The zero-order valence-corrected chi connectivity index (χ0v) is 18.0. The number of hydrogen-bond acceptors (Lipinski definition) is 6.